The van der Waals surface area contributed by atoms with Gasteiger partial charge in [0.2, 0.25) is 0 Å². The van der Waals surface area contributed by atoms with Crippen molar-refractivity contribution in [3.05, 3.63) is 46.6 Å². The Morgan fingerprint density at radius 1 is 0.733 bits per heavy atom. The predicted octanol–water partition coefficient (Wildman–Crippen LogP) is 8.65. The minimum atomic E-state index is -0.0223. The molecule has 1 fully saturated rings. The zero-order chi connectivity index (χ0) is 22.2. The number of carbonyl (C=O) groups is 1. The van der Waals surface area contributed by atoms with Crippen LogP contribution in [0.2, 0.25) is 0 Å². The third-order valence-corrected chi connectivity index (χ3v) is 6.01. The molecule has 0 N–H and O–H groups in total. The Bertz CT molecular complexity index is 609. The van der Waals surface area contributed by atoms with Crippen molar-refractivity contribution in [2.45, 2.75) is 112 Å². The van der Waals surface area contributed by atoms with Crippen molar-refractivity contribution in [3.63, 3.8) is 0 Å². The first-order valence-electron chi connectivity index (χ1n) is 12.1. The number of ether oxygens (including phenoxy) is 1. The highest BCUT2D eigenvalue weighted by atomic mass is 16.5. The summed E-state index contributed by atoms with van der Waals surface area (Å²) < 4.78 is 5.42. The van der Waals surface area contributed by atoms with E-state index < -0.39 is 0 Å². The van der Waals surface area contributed by atoms with Gasteiger partial charge in [-0.15, -0.1) is 0 Å². The molecule has 0 radical (unpaired) electrons. The van der Waals surface area contributed by atoms with Gasteiger partial charge < -0.3 is 4.74 Å². The van der Waals surface area contributed by atoms with Crippen molar-refractivity contribution in [2.24, 2.45) is 5.92 Å². The van der Waals surface area contributed by atoms with Gasteiger partial charge in [0.15, 0.2) is 0 Å². The van der Waals surface area contributed by atoms with Gasteiger partial charge in [-0.3, -0.25) is 4.79 Å². The van der Waals surface area contributed by atoms with Gasteiger partial charge in [0.25, 0.3) is 0 Å². The maximum Gasteiger partial charge on any atom is 0.306 e. The van der Waals surface area contributed by atoms with E-state index in [-0.39, 0.29) is 5.97 Å². The molecule has 1 aliphatic rings. The third kappa shape index (κ3) is 14.4. The van der Waals surface area contributed by atoms with E-state index in [1.165, 1.54) is 60.8 Å². The fraction of sp³-hybridized carbons (Fsp3) is 0.679. The Labute approximate surface area is 186 Å². The molecule has 0 amide bonds. The second kappa shape index (κ2) is 16.2. The molecule has 2 heteroatoms. The predicted molar refractivity (Wildman–Crippen MR) is 131 cm³/mol. The highest BCUT2D eigenvalue weighted by molar-refractivity contribution is 5.69. The lowest BCUT2D eigenvalue weighted by atomic mass is 9.87. The number of rotatable bonds is 13. The molecule has 1 saturated carbocycles. The number of hydrogen-bond donors (Lipinski definition) is 0. The maximum atomic E-state index is 12.0. The second-order valence-corrected chi connectivity index (χ2v) is 9.44. The fourth-order valence-electron chi connectivity index (χ4n) is 3.95. The molecule has 30 heavy (non-hydrogen) atoms. The van der Waals surface area contributed by atoms with Crippen LogP contribution in [0.4, 0.5) is 0 Å². The summed E-state index contributed by atoms with van der Waals surface area (Å²) in [4.78, 5) is 12.0. The Hall–Kier alpha value is -1.57. The van der Waals surface area contributed by atoms with E-state index in [0.29, 0.717) is 18.9 Å². The second-order valence-electron chi connectivity index (χ2n) is 9.44. The summed E-state index contributed by atoms with van der Waals surface area (Å²) in [6.07, 6.45) is 22.7. The van der Waals surface area contributed by atoms with E-state index in [1.54, 1.807) is 0 Å². The van der Waals surface area contributed by atoms with Crippen LogP contribution < -0.4 is 0 Å². The van der Waals surface area contributed by atoms with Crippen LogP contribution in [0.3, 0.4) is 0 Å². The summed E-state index contributed by atoms with van der Waals surface area (Å²) in [6, 6.07) is 0. The van der Waals surface area contributed by atoms with Crippen molar-refractivity contribution >= 4 is 5.97 Å². The molecule has 0 spiro atoms. The Morgan fingerprint density at radius 2 is 1.23 bits per heavy atom. The van der Waals surface area contributed by atoms with Gasteiger partial charge in [-0.2, -0.15) is 0 Å². The molecule has 0 aromatic carbocycles. The van der Waals surface area contributed by atoms with E-state index >= 15 is 0 Å². The molecule has 0 aromatic heterocycles. The number of carbonyl (C=O) groups excluding carboxylic acids is 1. The van der Waals surface area contributed by atoms with Gasteiger partial charge in [0, 0.05) is 6.42 Å². The molecule has 1 aliphatic carbocycles. The van der Waals surface area contributed by atoms with Crippen LogP contribution in [0, 0.1) is 5.92 Å². The molecule has 0 aliphatic heterocycles. The van der Waals surface area contributed by atoms with Crippen LogP contribution in [-0.4, -0.2) is 12.6 Å². The summed E-state index contributed by atoms with van der Waals surface area (Å²) in [5, 5.41) is 0. The highest BCUT2D eigenvalue weighted by Gasteiger charge is 2.17. The summed E-state index contributed by atoms with van der Waals surface area (Å²) in [6.45, 7) is 11.4. The van der Waals surface area contributed by atoms with E-state index in [0.717, 1.165) is 32.1 Å². The average Bonchev–Trinajstić information content (AvgIpc) is 2.68. The third-order valence-electron chi connectivity index (χ3n) is 6.01. The van der Waals surface area contributed by atoms with Crippen molar-refractivity contribution in [3.8, 4) is 0 Å². The SMILES string of the molecule is CC(C)=CCC/C(C)=C/CC/C(C)=C/CC/C(C)=C/COC(=O)CC1CCCCC1. The van der Waals surface area contributed by atoms with Crippen LogP contribution >= 0.6 is 0 Å². The van der Waals surface area contributed by atoms with Crippen molar-refractivity contribution in [1.29, 1.82) is 0 Å². The van der Waals surface area contributed by atoms with Crippen molar-refractivity contribution in [2.75, 3.05) is 6.61 Å². The Morgan fingerprint density at radius 3 is 1.77 bits per heavy atom. The lowest BCUT2D eigenvalue weighted by molar-refractivity contribution is -0.143. The quantitative estimate of drug-likeness (QED) is 0.223. The van der Waals surface area contributed by atoms with Gasteiger partial charge in [0.1, 0.15) is 6.61 Å². The molecule has 0 saturated heterocycles. The van der Waals surface area contributed by atoms with Gasteiger partial charge in [-0.25, -0.2) is 0 Å². The summed E-state index contributed by atoms with van der Waals surface area (Å²) in [7, 11) is 0. The van der Waals surface area contributed by atoms with E-state index in [9.17, 15) is 4.79 Å². The smallest absolute Gasteiger partial charge is 0.306 e. The Kier molecular flexibility index (Phi) is 14.3. The number of hydrogen-bond acceptors (Lipinski definition) is 2. The maximum absolute atomic E-state index is 12.0. The molecule has 2 nitrogen and oxygen atoms in total. The van der Waals surface area contributed by atoms with Gasteiger partial charge >= 0.3 is 5.97 Å². The summed E-state index contributed by atoms with van der Waals surface area (Å²) in [5.41, 5.74) is 5.68. The minimum Gasteiger partial charge on any atom is -0.461 e. The summed E-state index contributed by atoms with van der Waals surface area (Å²) in [5.74, 6) is 0.534. The van der Waals surface area contributed by atoms with Gasteiger partial charge in [-0.1, -0.05) is 59.8 Å². The molecule has 0 atom stereocenters. The lowest BCUT2D eigenvalue weighted by Crippen LogP contribution is -2.14. The summed E-state index contributed by atoms with van der Waals surface area (Å²) >= 11 is 0. The molecular weight excluding hydrogens is 368 g/mol. The van der Waals surface area contributed by atoms with Crippen LogP contribution in [0.15, 0.2) is 46.6 Å². The topological polar surface area (TPSA) is 26.3 Å². The normalized spacial score (nSPS) is 16.5. The van der Waals surface area contributed by atoms with Crippen LogP contribution in [0.5, 0.6) is 0 Å². The van der Waals surface area contributed by atoms with E-state index in [1.807, 2.05) is 0 Å². The van der Waals surface area contributed by atoms with Crippen LogP contribution in [-0.2, 0) is 9.53 Å². The number of allylic oxidation sites excluding steroid dienone is 7. The van der Waals surface area contributed by atoms with E-state index in [4.69, 9.17) is 4.74 Å². The first kappa shape index (κ1) is 26.5. The van der Waals surface area contributed by atoms with Crippen LogP contribution in [0.1, 0.15) is 112 Å². The monoisotopic (exact) mass is 414 g/mol. The standard InChI is InChI=1S/C28H46O2/c1-23(2)12-9-13-24(3)14-10-15-25(4)16-11-17-26(5)20-21-30-28(29)22-27-18-7-6-8-19-27/h12,14,16,20,27H,6-11,13,15,17-19,21-22H2,1-5H3/b24-14+,25-16+,26-20+. The van der Waals surface area contributed by atoms with Gasteiger partial charge in [-0.05, 0) is 98.0 Å². The van der Waals surface area contributed by atoms with Crippen molar-refractivity contribution < 1.29 is 9.53 Å². The molecule has 0 unspecified atom stereocenters. The molecule has 0 heterocycles. The largest absolute Gasteiger partial charge is 0.461 e. The van der Waals surface area contributed by atoms with E-state index in [2.05, 4.69) is 58.9 Å². The zero-order valence-electron chi connectivity index (χ0n) is 20.4. The fourth-order valence-corrected chi connectivity index (χ4v) is 3.95. The molecular formula is C28H46O2. The minimum absolute atomic E-state index is 0.0223. The highest BCUT2D eigenvalue weighted by Crippen LogP contribution is 2.26. The molecule has 1 rings (SSSR count). The van der Waals surface area contributed by atoms with Crippen LogP contribution in [0.25, 0.3) is 0 Å². The van der Waals surface area contributed by atoms with Crippen molar-refractivity contribution in [1.82, 2.24) is 0 Å². The first-order valence-corrected chi connectivity index (χ1v) is 12.1. The van der Waals surface area contributed by atoms with Gasteiger partial charge in [0.05, 0.1) is 0 Å². The average molecular weight is 415 g/mol. The first-order chi connectivity index (χ1) is 14.4. The Balaban J connectivity index is 2.16. The number of esters is 1. The molecule has 170 valence electrons. The molecule has 0 bridgehead atoms. The molecule has 0 aromatic rings. The zero-order valence-corrected chi connectivity index (χ0v) is 20.4. The lowest BCUT2D eigenvalue weighted by Gasteiger charge is -2.20.